The minimum absolute atomic E-state index is 0.00285. The molecule has 0 radical (unpaired) electrons. The second-order valence-corrected chi connectivity index (χ2v) is 13.4. The Morgan fingerprint density at radius 2 is 1.10 bits per heavy atom. The highest BCUT2D eigenvalue weighted by Crippen LogP contribution is 2.67. The Morgan fingerprint density at radius 1 is 0.742 bits per heavy atom. The number of quaternary nitrogens is 1. The van der Waals surface area contributed by atoms with E-state index in [1.54, 1.807) is 0 Å². The first-order valence-corrected chi connectivity index (χ1v) is 12.3. The number of carbonyl (C=O) groups excluding carboxylic acids is 2. The van der Waals surface area contributed by atoms with Gasteiger partial charge in [0, 0.05) is 10.8 Å². The third-order valence-electron chi connectivity index (χ3n) is 11.1. The van der Waals surface area contributed by atoms with E-state index in [-0.39, 0.29) is 63.4 Å². The van der Waals surface area contributed by atoms with Crippen molar-refractivity contribution in [2.24, 2.45) is 33.5 Å². The average Bonchev–Trinajstić information content (AvgIpc) is 3.12. The molecule has 4 aliphatic rings. The van der Waals surface area contributed by atoms with Gasteiger partial charge in [-0.1, -0.05) is 41.5 Å². The zero-order chi connectivity index (χ0) is 23.0. The van der Waals surface area contributed by atoms with Crippen LogP contribution in [0.1, 0.15) is 80.1 Å². The number of carbonyl (C=O) groups is 2. The van der Waals surface area contributed by atoms with Crippen molar-refractivity contribution >= 4 is 11.9 Å². The molecule has 5 heteroatoms. The highest BCUT2D eigenvalue weighted by atomic mass is 16.6. The Kier molecular flexibility index (Phi) is 5.17. The van der Waals surface area contributed by atoms with Crippen LogP contribution in [0.15, 0.2) is 0 Å². The van der Waals surface area contributed by atoms with Gasteiger partial charge in [-0.2, -0.15) is 0 Å². The van der Waals surface area contributed by atoms with Crippen molar-refractivity contribution in [1.82, 2.24) is 0 Å². The second kappa shape index (κ2) is 6.95. The van der Waals surface area contributed by atoms with E-state index in [1.807, 2.05) is 14.1 Å². The van der Waals surface area contributed by atoms with Gasteiger partial charge in [-0.3, -0.25) is 0 Å². The van der Waals surface area contributed by atoms with Crippen LogP contribution in [0.3, 0.4) is 0 Å². The highest BCUT2D eigenvalue weighted by molar-refractivity contribution is 5.73. The van der Waals surface area contributed by atoms with Crippen molar-refractivity contribution in [3.63, 3.8) is 0 Å². The Morgan fingerprint density at radius 3 is 1.35 bits per heavy atom. The Labute approximate surface area is 188 Å². The summed E-state index contributed by atoms with van der Waals surface area (Å²) in [5, 5.41) is 0. The SMILES string of the molecule is CC1(C)[C@H]2CC[C@@]1(C)[C@H](OC(=O)C[N+](C)(C)CC(=O)O[C@@H]1C[C@@H]3CC[C@]1(C)C3(C)C)C2. The molecule has 0 aliphatic heterocycles. The fourth-order valence-corrected chi connectivity index (χ4v) is 7.76. The summed E-state index contributed by atoms with van der Waals surface area (Å²) in [6, 6.07) is 0. The van der Waals surface area contributed by atoms with Gasteiger partial charge in [0.1, 0.15) is 12.2 Å². The number of nitrogens with zero attached hydrogens (tertiary/aromatic N) is 1. The lowest BCUT2D eigenvalue weighted by atomic mass is 9.70. The quantitative estimate of drug-likeness (QED) is 0.454. The zero-order valence-electron chi connectivity index (χ0n) is 21.0. The van der Waals surface area contributed by atoms with Gasteiger partial charge in [0.05, 0.1) is 14.1 Å². The molecule has 0 N–H and O–H groups in total. The van der Waals surface area contributed by atoms with Crippen LogP contribution in [0.5, 0.6) is 0 Å². The van der Waals surface area contributed by atoms with Gasteiger partial charge in [-0.25, -0.2) is 9.59 Å². The standard InChI is InChI=1S/C26H44NO4/c1-23(2)17-9-11-25(23,5)19(13-17)30-21(28)15-27(7,8)16-22(29)31-20-14-18-10-12-26(20,6)24(18,3)4/h17-20H,9-16H2,1-8H3/q+1/t17-,18-,19+,20+,25-,26-/m0/s1. The fraction of sp³-hybridized carbons (Fsp3) is 0.923. The molecular weight excluding hydrogens is 390 g/mol. The van der Waals surface area contributed by atoms with Crippen LogP contribution in [0, 0.1) is 33.5 Å². The van der Waals surface area contributed by atoms with Crippen molar-refractivity contribution in [1.29, 1.82) is 0 Å². The van der Waals surface area contributed by atoms with Crippen molar-refractivity contribution in [3.8, 4) is 0 Å². The maximum Gasteiger partial charge on any atom is 0.362 e. The topological polar surface area (TPSA) is 52.6 Å². The second-order valence-electron chi connectivity index (χ2n) is 13.4. The Hall–Kier alpha value is -1.10. The van der Waals surface area contributed by atoms with Crippen LogP contribution in [-0.2, 0) is 19.1 Å². The van der Waals surface area contributed by atoms with Crippen LogP contribution in [0.25, 0.3) is 0 Å². The predicted molar refractivity (Wildman–Crippen MR) is 120 cm³/mol. The van der Waals surface area contributed by atoms with Crippen LogP contribution < -0.4 is 0 Å². The number of likely N-dealkylation sites (N-methyl/N-ethyl adjacent to an activating group) is 1. The predicted octanol–water partition coefficient (Wildman–Crippen LogP) is 4.58. The minimum atomic E-state index is -0.194. The first-order chi connectivity index (χ1) is 14.1. The molecule has 0 unspecified atom stereocenters. The van der Waals surface area contributed by atoms with Gasteiger partial charge in [0.15, 0.2) is 13.1 Å². The largest absolute Gasteiger partial charge is 0.458 e. The number of hydrogen-bond acceptors (Lipinski definition) is 4. The maximum absolute atomic E-state index is 12.8. The lowest BCUT2D eigenvalue weighted by Crippen LogP contribution is -2.50. The molecule has 31 heavy (non-hydrogen) atoms. The van der Waals surface area contributed by atoms with E-state index in [2.05, 4.69) is 41.5 Å². The third-order valence-corrected chi connectivity index (χ3v) is 11.1. The van der Waals surface area contributed by atoms with E-state index in [0.717, 1.165) is 25.7 Å². The molecule has 4 fully saturated rings. The lowest BCUT2D eigenvalue weighted by Gasteiger charge is -2.39. The molecule has 0 heterocycles. The molecule has 0 aromatic rings. The van der Waals surface area contributed by atoms with E-state index in [9.17, 15) is 9.59 Å². The fourth-order valence-electron chi connectivity index (χ4n) is 7.76. The third kappa shape index (κ3) is 3.36. The molecule has 0 aromatic carbocycles. The van der Waals surface area contributed by atoms with Crippen LogP contribution in [-0.4, -0.2) is 55.8 Å². The maximum atomic E-state index is 12.8. The van der Waals surface area contributed by atoms with Crippen LogP contribution in [0.2, 0.25) is 0 Å². The summed E-state index contributed by atoms with van der Waals surface area (Å²) in [6.07, 6.45) is 6.68. The van der Waals surface area contributed by atoms with E-state index in [1.165, 1.54) is 12.8 Å². The molecule has 6 atom stereocenters. The van der Waals surface area contributed by atoms with E-state index in [0.29, 0.717) is 11.8 Å². The van der Waals surface area contributed by atoms with E-state index < -0.39 is 0 Å². The number of rotatable bonds is 6. The monoisotopic (exact) mass is 434 g/mol. The number of hydrogen-bond donors (Lipinski definition) is 0. The molecule has 0 saturated heterocycles. The molecule has 4 rings (SSSR count). The van der Waals surface area contributed by atoms with Crippen molar-refractivity contribution in [3.05, 3.63) is 0 Å². The molecule has 4 bridgehead atoms. The van der Waals surface area contributed by atoms with Crippen molar-refractivity contribution in [2.75, 3.05) is 27.2 Å². The molecule has 4 saturated carbocycles. The molecule has 5 nitrogen and oxygen atoms in total. The summed E-state index contributed by atoms with van der Waals surface area (Å²) in [5.41, 5.74) is 0.564. The smallest absolute Gasteiger partial charge is 0.362 e. The summed E-state index contributed by atoms with van der Waals surface area (Å²) in [5.74, 6) is 0.890. The number of fused-ring (bicyclic) bond motifs is 4. The minimum Gasteiger partial charge on any atom is -0.458 e. The van der Waals surface area contributed by atoms with E-state index in [4.69, 9.17) is 9.47 Å². The van der Waals surface area contributed by atoms with Gasteiger partial charge >= 0.3 is 11.9 Å². The number of ether oxygens (including phenoxy) is 2. The number of esters is 2. The lowest BCUT2D eigenvalue weighted by molar-refractivity contribution is -0.875. The highest BCUT2D eigenvalue weighted by Gasteiger charge is 2.64. The molecule has 0 amide bonds. The van der Waals surface area contributed by atoms with Crippen molar-refractivity contribution in [2.45, 2.75) is 92.3 Å². The summed E-state index contributed by atoms with van der Waals surface area (Å²) in [6.45, 7) is 14.3. The van der Waals surface area contributed by atoms with Crippen LogP contribution in [0.4, 0.5) is 0 Å². The summed E-state index contributed by atoms with van der Waals surface area (Å²) < 4.78 is 12.3. The zero-order valence-corrected chi connectivity index (χ0v) is 21.0. The molecule has 4 aliphatic carbocycles. The first kappa shape index (κ1) is 23.1. The molecular formula is C26H44NO4+. The van der Waals surface area contributed by atoms with Gasteiger partial charge in [0.2, 0.25) is 0 Å². The Bertz CT molecular complexity index is 709. The van der Waals surface area contributed by atoms with Crippen LogP contribution >= 0.6 is 0 Å². The van der Waals surface area contributed by atoms with Crippen molar-refractivity contribution < 1.29 is 23.5 Å². The Balaban J connectivity index is 1.30. The van der Waals surface area contributed by atoms with Gasteiger partial charge < -0.3 is 14.0 Å². The van der Waals surface area contributed by atoms with Gasteiger partial charge in [-0.15, -0.1) is 0 Å². The summed E-state index contributed by atoms with van der Waals surface area (Å²) >= 11 is 0. The first-order valence-electron chi connectivity index (χ1n) is 12.3. The normalized spacial score (nSPS) is 42.1. The molecule has 0 spiro atoms. The van der Waals surface area contributed by atoms with E-state index >= 15 is 0 Å². The average molecular weight is 435 g/mol. The molecule has 0 aromatic heterocycles. The van der Waals surface area contributed by atoms with Gasteiger partial charge in [-0.05, 0) is 61.2 Å². The summed E-state index contributed by atoms with van der Waals surface area (Å²) in [4.78, 5) is 25.6. The molecule has 176 valence electrons. The van der Waals surface area contributed by atoms with Gasteiger partial charge in [0.25, 0.3) is 0 Å². The summed E-state index contributed by atoms with van der Waals surface area (Å²) in [7, 11) is 3.84.